The minimum Gasteiger partial charge on any atom is -0.454 e. The monoisotopic (exact) mass is 364 g/mol. The molecule has 1 atom stereocenters. The fourth-order valence-corrected chi connectivity index (χ4v) is 4.59. The number of hydrogen-bond acceptors (Lipinski definition) is 4. The highest BCUT2D eigenvalue weighted by Gasteiger charge is 2.35. The number of benzene rings is 1. The highest BCUT2D eigenvalue weighted by molar-refractivity contribution is 6.31. The zero-order valence-corrected chi connectivity index (χ0v) is 15.4. The van der Waals surface area contributed by atoms with E-state index >= 15 is 0 Å². The lowest BCUT2D eigenvalue weighted by Crippen LogP contribution is -2.35. The Morgan fingerprint density at radius 3 is 2.72 bits per heavy atom. The molecule has 1 aliphatic carbocycles. The van der Waals surface area contributed by atoms with Gasteiger partial charge in [-0.25, -0.2) is 0 Å². The SMILES string of the molecule is CN(Cc1cc2c(cc1Cl)OCO2)CC1CC(=O)N(C2CCCC2)C1. The van der Waals surface area contributed by atoms with Crippen LogP contribution < -0.4 is 9.47 Å². The van der Waals surface area contributed by atoms with Crippen LogP contribution in [0.25, 0.3) is 0 Å². The van der Waals surface area contributed by atoms with Gasteiger partial charge < -0.3 is 19.3 Å². The molecule has 0 spiro atoms. The molecule has 0 radical (unpaired) electrons. The van der Waals surface area contributed by atoms with Gasteiger partial charge in [-0.15, -0.1) is 0 Å². The molecule has 4 rings (SSSR count). The van der Waals surface area contributed by atoms with Gasteiger partial charge in [0.1, 0.15) is 0 Å². The van der Waals surface area contributed by atoms with Crippen molar-refractivity contribution in [3.05, 3.63) is 22.7 Å². The molecule has 6 heteroatoms. The quantitative estimate of drug-likeness (QED) is 0.804. The van der Waals surface area contributed by atoms with Gasteiger partial charge in [-0.1, -0.05) is 24.4 Å². The van der Waals surface area contributed by atoms with E-state index in [1.54, 1.807) is 0 Å². The van der Waals surface area contributed by atoms with Gasteiger partial charge >= 0.3 is 0 Å². The molecule has 0 bridgehead atoms. The van der Waals surface area contributed by atoms with Crippen LogP contribution in [0.2, 0.25) is 5.02 Å². The molecular formula is C19H25ClN2O3. The third kappa shape index (κ3) is 3.58. The van der Waals surface area contributed by atoms with Crippen molar-refractivity contribution in [1.29, 1.82) is 0 Å². The number of amides is 1. The van der Waals surface area contributed by atoms with Crippen molar-refractivity contribution < 1.29 is 14.3 Å². The summed E-state index contributed by atoms with van der Waals surface area (Å²) >= 11 is 6.38. The summed E-state index contributed by atoms with van der Waals surface area (Å²) < 4.78 is 10.8. The van der Waals surface area contributed by atoms with Crippen molar-refractivity contribution >= 4 is 17.5 Å². The van der Waals surface area contributed by atoms with Crippen LogP contribution in [0.5, 0.6) is 11.5 Å². The Bertz CT molecular complexity index is 660. The largest absolute Gasteiger partial charge is 0.454 e. The lowest BCUT2D eigenvalue weighted by atomic mass is 10.1. The van der Waals surface area contributed by atoms with Crippen LogP contribution in [0.15, 0.2) is 12.1 Å². The van der Waals surface area contributed by atoms with E-state index in [0.29, 0.717) is 35.1 Å². The van der Waals surface area contributed by atoms with Gasteiger partial charge in [0.2, 0.25) is 12.7 Å². The van der Waals surface area contributed by atoms with Crippen LogP contribution in [0.3, 0.4) is 0 Å². The number of carbonyl (C=O) groups excluding carboxylic acids is 1. The summed E-state index contributed by atoms with van der Waals surface area (Å²) in [6.07, 6.45) is 5.57. The first kappa shape index (κ1) is 17.0. The van der Waals surface area contributed by atoms with Gasteiger partial charge in [-0.2, -0.15) is 0 Å². The Morgan fingerprint density at radius 1 is 1.24 bits per heavy atom. The van der Waals surface area contributed by atoms with Gasteiger partial charge in [-0.3, -0.25) is 4.79 Å². The van der Waals surface area contributed by atoms with Crippen LogP contribution in [0.1, 0.15) is 37.7 Å². The highest BCUT2D eigenvalue weighted by atomic mass is 35.5. The molecule has 2 fully saturated rings. The van der Waals surface area contributed by atoms with Gasteiger partial charge in [0.25, 0.3) is 0 Å². The van der Waals surface area contributed by atoms with Crippen molar-refractivity contribution in [2.75, 3.05) is 26.9 Å². The third-order valence-corrected chi connectivity index (χ3v) is 5.91. The molecule has 1 aromatic carbocycles. The van der Waals surface area contributed by atoms with Crippen LogP contribution in [0, 0.1) is 5.92 Å². The standard InChI is InChI=1S/C19H25ClN2O3/c1-21(11-14-7-17-18(8-16(14)20)25-12-24-17)9-13-6-19(23)22(10-13)15-4-2-3-5-15/h7-8,13,15H,2-6,9-12H2,1H3. The Balaban J connectivity index is 1.35. The molecule has 136 valence electrons. The Morgan fingerprint density at radius 2 is 1.96 bits per heavy atom. The number of likely N-dealkylation sites (tertiary alicyclic amines) is 1. The van der Waals surface area contributed by atoms with E-state index in [0.717, 1.165) is 30.9 Å². The minimum absolute atomic E-state index is 0.256. The van der Waals surface area contributed by atoms with Gasteiger partial charge in [0.05, 0.1) is 0 Å². The van der Waals surface area contributed by atoms with Gasteiger partial charge in [0, 0.05) is 43.2 Å². The number of fused-ring (bicyclic) bond motifs is 1. The predicted octanol–water partition coefficient (Wildman–Crippen LogP) is 3.29. The van der Waals surface area contributed by atoms with E-state index in [1.807, 2.05) is 12.1 Å². The topological polar surface area (TPSA) is 42.0 Å². The third-order valence-electron chi connectivity index (χ3n) is 5.56. The number of carbonyl (C=O) groups is 1. The van der Waals surface area contributed by atoms with Crippen molar-refractivity contribution in [2.24, 2.45) is 5.92 Å². The molecule has 1 amide bonds. The van der Waals surface area contributed by atoms with Gasteiger partial charge in [-0.05, 0) is 37.4 Å². The Hall–Kier alpha value is -1.46. The smallest absolute Gasteiger partial charge is 0.231 e. The fourth-order valence-electron chi connectivity index (χ4n) is 4.38. The zero-order chi connectivity index (χ0) is 17.4. The molecule has 0 N–H and O–H groups in total. The summed E-state index contributed by atoms with van der Waals surface area (Å²) in [5.41, 5.74) is 1.03. The maximum atomic E-state index is 12.3. The van der Waals surface area contributed by atoms with E-state index in [2.05, 4.69) is 16.8 Å². The lowest BCUT2D eigenvalue weighted by molar-refractivity contribution is -0.129. The molecule has 25 heavy (non-hydrogen) atoms. The maximum Gasteiger partial charge on any atom is 0.231 e. The summed E-state index contributed by atoms with van der Waals surface area (Å²) in [6.45, 7) is 2.80. The first-order chi connectivity index (χ1) is 12.1. The van der Waals surface area contributed by atoms with E-state index in [-0.39, 0.29) is 6.79 Å². The molecule has 5 nitrogen and oxygen atoms in total. The van der Waals surface area contributed by atoms with E-state index in [4.69, 9.17) is 21.1 Å². The van der Waals surface area contributed by atoms with Crippen LogP contribution >= 0.6 is 11.6 Å². The molecule has 1 saturated carbocycles. The van der Waals surface area contributed by atoms with Crippen LogP contribution in [0.4, 0.5) is 0 Å². The van der Waals surface area contributed by atoms with Gasteiger partial charge in [0.15, 0.2) is 11.5 Å². The number of rotatable bonds is 5. The maximum absolute atomic E-state index is 12.3. The number of ether oxygens (including phenoxy) is 2. The summed E-state index contributed by atoms with van der Waals surface area (Å²) in [4.78, 5) is 16.7. The fraction of sp³-hybridized carbons (Fsp3) is 0.632. The van der Waals surface area contributed by atoms with E-state index in [1.165, 1.54) is 25.7 Å². The second-order valence-electron chi connectivity index (χ2n) is 7.55. The summed E-state index contributed by atoms with van der Waals surface area (Å²) in [7, 11) is 2.09. The lowest BCUT2D eigenvalue weighted by Gasteiger charge is -2.25. The average Bonchev–Trinajstić information content (AvgIpc) is 3.28. The highest BCUT2D eigenvalue weighted by Crippen LogP contribution is 2.37. The molecular weight excluding hydrogens is 340 g/mol. The summed E-state index contributed by atoms with van der Waals surface area (Å²) in [6, 6.07) is 4.28. The number of halogens is 1. The molecule has 2 aliphatic heterocycles. The second kappa shape index (κ2) is 7.04. The van der Waals surface area contributed by atoms with Crippen molar-refractivity contribution in [3.63, 3.8) is 0 Å². The molecule has 1 aromatic rings. The first-order valence-electron chi connectivity index (χ1n) is 9.16. The van der Waals surface area contributed by atoms with Crippen molar-refractivity contribution in [2.45, 2.75) is 44.7 Å². The zero-order valence-electron chi connectivity index (χ0n) is 14.7. The number of nitrogens with zero attached hydrogens (tertiary/aromatic N) is 2. The van der Waals surface area contributed by atoms with E-state index in [9.17, 15) is 4.79 Å². The molecule has 1 unspecified atom stereocenters. The molecule has 2 heterocycles. The van der Waals surface area contributed by atoms with Crippen molar-refractivity contribution in [3.8, 4) is 11.5 Å². The normalized spacial score (nSPS) is 23.2. The average molecular weight is 365 g/mol. The summed E-state index contributed by atoms with van der Waals surface area (Å²) in [5, 5.41) is 0.700. The van der Waals surface area contributed by atoms with Crippen molar-refractivity contribution in [1.82, 2.24) is 9.80 Å². The first-order valence-corrected chi connectivity index (χ1v) is 9.54. The number of hydrogen-bond donors (Lipinski definition) is 0. The minimum atomic E-state index is 0.256. The predicted molar refractivity (Wildman–Crippen MR) is 96.0 cm³/mol. The Labute approximate surface area is 153 Å². The molecule has 3 aliphatic rings. The Kier molecular flexibility index (Phi) is 4.78. The van der Waals surface area contributed by atoms with Crippen LogP contribution in [-0.2, 0) is 11.3 Å². The summed E-state index contributed by atoms with van der Waals surface area (Å²) in [5.74, 6) is 2.22. The van der Waals surface area contributed by atoms with Crippen LogP contribution in [-0.4, -0.2) is 48.7 Å². The molecule has 1 saturated heterocycles. The molecule has 0 aromatic heterocycles. The van der Waals surface area contributed by atoms with E-state index < -0.39 is 0 Å². The second-order valence-corrected chi connectivity index (χ2v) is 7.96.